The topological polar surface area (TPSA) is 111 Å². The zero-order valence-corrected chi connectivity index (χ0v) is 66.9. The second-order valence-corrected chi connectivity index (χ2v) is 28.7. The summed E-state index contributed by atoms with van der Waals surface area (Å²) in [5.41, 5.74) is 0. The maximum Gasteiger partial charge on any atom is 0.306 e. The van der Waals surface area contributed by atoms with Crippen molar-refractivity contribution in [1.82, 2.24) is 0 Å². The number of esters is 2. The molecule has 0 aromatic heterocycles. The van der Waals surface area contributed by atoms with E-state index in [4.69, 9.17) is 18.9 Å². The van der Waals surface area contributed by atoms with Gasteiger partial charge < -0.3 is 33.3 Å². The van der Waals surface area contributed by atoms with Crippen LogP contribution < -0.4 is 5.11 Å². The number of allylic oxidation sites excluding steroid dienone is 30. The zero-order chi connectivity index (χ0) is 74.6. The largest absolute Gasteiger partial charge is 0.545 e. The van der Waals surface area contributed by atoms with Gasteiger partial charge in [-0.25, -0.2) is 0 Å². The van der Waals surface area contributed by atoms with Crippen LogP contribution in [-0.4, -0.2) is 82.3 Å². The first-order valence-electron chi connectivity index (χ1n) is 41.9. The first-order valence-corrected chi connectivity index (χ1v) is 41.9. The van der Waals surface area contributed by atoms with Gasteiger partial charge in [-0.05, 0) is 141 Å². The lowest BCUT2D eigenvalue weighted by molar-refractivity contribution is -0.870. The van der Waals surface area contributed by atoms with E-state index in [1.165, 1.54) is 180 Å². The predicted molar refractivity (Wildman–Crippen MR) is 444 cm³/mol. The van der Waals surface area contributed by atoms with Crippen molar-refractivity contribution in [3.05, 3.63) is 182 Å². The summed E-state index contributed by atoms with van der Waals surface area (Å²) in [6, 6.07) is 0. The molecule has 9 heteroatoms. The molecule has 0 aliphatic heterocycles. The van der Waals surface area contributed by atoms with E-state index < -0.39 is 24.3 Å². The quantitative estimate of drug-likeness (QED) is 0.0195. The van der Waals surface area contributed by atoms with Crippen molar-refractivity contribution in [2.24, 2.45) is 0 Å². The molecule has 103 heavy (non-hydrogen) atoms. The lowest BCUT2D eigenvalue weighted by Gasteiger charge is -2.26. The minimum atomic E-state index is -1.65. The Bertz CT molecular complexity index is 2360. The van der Waals surface area contributed by atoms with E-state index in [9.17, 15) is 19.5 Å². The average molecular weight is 1430 g/mol. The number of unbranched alkanes of at least 4 members (excludes halogenated alkanes) is 31. The molecule has 0 aromatic rings. The highest BCUT2D eigenvalue weighted by Crippen LogP contribution is 2.18. The van der Waals surface area contributed by atoms with E-state index in [-0.39, 0.29) is 38.6 Å². The van der Waals surface area contributed by atoms with Gasteiger partial charge in [0.15, 0.2) is 12.4 Å². The second kappa shape index (κ2) is 82.1. The summed E-state index contributed by atoms with van der Waals surface area (Å²) in [7, 11) is 5.91. The Balaban J connectivity index is 4.12. The monoisotopic (exact) mass is 1430 g/mol. The molecule has 0 N–H and O–H groups in total. The highest BCUT2D eigenvalue weighted by molar-refractivity contribution is 5.70. The van der Waals surface area contributed by atoms with Gasteiger partial charge in [-0.1, -0.05) is 363 Å². The van der Waals surface area contributed by atoms with E-state index in [0.717, 1.165) is 122 Å². The summed E-state index contributed by atoms with van der Waals surface area (Å²) in [5.74, 6) is -2.35. The summed E-state index contributed by atoms with van der Waals surface area (Å²) < 4.78 is 22.8. The number of quaternary nitrogens is 1. The van der Waals surface area contributed by atoms with Crippen LogP contribution in [0.25, 0.3) is 0 Å². The molecule has 0 aliphatic rings. The maximum absolute atomic E-state index is 13.0. The van der Waals surface area contributed by atoms with Gasteiger partial charge in [0.25, 0.3) is 0 Å². The van der Waals surface area contributed by atoms with Crippen molar-refractivity contribution in [1.29, 1.82) is 0 Å². The van der Waals surface area contributed by atoms with Crippen molar-refractivity contribution >= 4 is 17.9 Å². The third kappa shape index (κ3) is 83.5. The van der Waals surface area contributed by atoms with Crippen LogP contribution in [0, 0.1) is 0 Å². The van der Waals surface area contributed by atoms with Gasteiger partial charge in [0.05, 0.1) is 40.3 Å². The molecule has 0 spiro atoms. The smallest absolute Gasteiger partial charge is 0.306 e. The number of carboxylic acids is 1. The van der Waals surface area contributed by atoms with Crippen molar-refractivity contribution in [2.45, 2.75) is 347 Å². The standard InChI is InChI=1S/C94H155NO8/c1-6-8-10-12-14-16-18-20-22-24-26-28-30-32-34-36-38-40-42-44-46-48-50-52-54-56-58-60-62-64-66-68-70-72-74-76-78-80-82-84-91(96)101-88-90(89-102-94(93(98)99)100-87-86-95(3,4)5)103-92(97)85-83-81-79-77-75-73-71-69-67-65-63-61-59-57-55-53-51-49-47-45-43-41-39-37-35-33-31-29-27-25-23-21-19-17-15-13-11-9-7-2/h9,11,15,17-18,20-21,23-24,26-27,29-30,32-33,35,39,41,45,47,51,53,57,59,63,65,69,71,75,77,90,94H,6-8,10,12-14,16,19,22,25,28,31,34,36-38,40,42-44,46,48-50,52,54-56,58,60-62,64,66-68,70,72-74,76,78-89H2,1-5H3/b11-9-,17-15-,20-18-,23-21-,26-24-,29-27-,32-30-,35-33-,41-39-,47-45-,53-51-,59-57-,65-63-,71-69-,77-75-. The Hall–Kier alpha value is -5.61. The van der Waals surface area contributed by atoms with Crippen LogP contribution >= 0.6 is 0 Å². The number of carbonyl (C=O) groups is 3. The fourth-order valence-electron chi connectivity index (χ4n) is 11.3. The van der Waals surface area contributed by atoms with E-state index >= 15 is 0 Å². The normalized spacial score (nSPS) is 13.6. The van der Waals surface area contributed by atoms with Crippen LogP contribution in [0.15, 0.2) is 182 Å². The molecule has 0 saturated carbocycles. The summed E-state index contributed by atoms with van der Waals surface area (Å²) in [6.45, 7) is 4.58. The summed E-state index contributed by atoms with van der Waals surface area (Å²) >= 11 is 0. The molecule has 9 nitrogen and oxygen atoms in total. The first-order chi connectivity index (χ1) is 50.6. The Labute approximate surface area is 634 Å². The number of aliphatic carboxylic acids is 1. The van der Waals surface area contributed by atoms with Crippen molar-refractivity contribution < 1.29 is 42.9 Å². The number of rotatable bonds is 76. The molecule has 0 fully saturated rings. The molecule has 0 heterocycles. The van der Waals surface area contributed by atoms with E-state index in [2.05, 4.69) is 196 Å². The lowest BCUT2D eigenvalue weighted by Crippen LogP contribution is -2.44. The van der Waals surface area contributed by atoms with E-state index in [1.54, 1.807) is 0 Å². The summed E-state index contributed by atoms with van der Waals surface area (Å²) in [4.78, 5) is 37.6. The molecule has 0 bridgehead atoms. The van der Waals surface area contributed by atoms with Crippen molar-refractivity contribution in [2.75, 3.05) is 47.5 Å². The van der Waals surface area contributed by atoms with Crippen LogP contribution in [0.1, 0.15) is 335 Å². The molecule has 0 saturated heterocycles. The fraction of sp³-hybridized carbons (Fsp3) is 0.649. The minimum absolute atomic E-state index is 0.131. The predicted octanol–water partition coefficient (Wildman–Crippen LogP) is 26.1. The van der Waals surface area contributed by atoms with Gasteiger partial charge in [0.1, 0.15) is 13.2 Å². The molecule has 584 valence electrons. The fourth-order valence-corrected chi connectivity index (χ4v) is 11.3. The van der Waals surface area contributed by atoms with Gasteiger partial charge >= 0.3 is 11.9 Å². The number of carboxylic acid groups (broad SMARTS) is 1. The van der Waals surface area contributed by atoms with Crippen molar-refractivity contribution in [3.63, 3.8) is 0 Å². The molecule has 2 unspecified atom stereocenters. The lowest BCUT2D eigenvalue weighted by atomic mass is 10.0. The maximum atomic E-state index is 13.0. The van der Waals surface area contributed by atoms with Crippen LogP contribution in [-0.2, 0) is 33.3 Å². The number of hydrogen-bond acceptors (Lipinski definition) is 8. The van der Waals surface area contributed by atoms with Gasteiger partial charge in [-0.2, -0.15) is 0 Å². The van der Waals surface area contributed by atoms with Gasteiger partial charge in [-0.15, -0.1) is 0 Å². The molecule has 0 amide bonds. The van der Waals surface area contributed by atoms with E-state index in [0.29, 0.717) is 17.4 Å². The number of carbonyl (C=O) groups excluding carboxylic acids is 3. The molecular weight excluding hydrogens is 1270 g/mol. The number of nitrogens with zero attached hydrogens (tertiary/aromatic N) is 1. The Morgan fingerprint density at radius 2 is 0.553 bits per heavy atom. The molecule has 0 aromatic carbocycles. The van der Waals surface area contributed by atoms with Crippen LogP contribution in [0.4, 0.5) is 0 Å². The Morgan fingerprint density at radius 1 is 0.301 bits per heavy atom. The second-order valence-electron chi connectivity index (χ2n) is 28.7. The van der Waals surface area contributed by atoms with Gasteiger partial charge in [0, 0.05) is 12.8 Å². The molecule has 0 aliphatic carbocycles. The Morgan fingerprint density at radius 3 is 0.845 bits per heavy atom. The van der Waals surface area contributed by atoms with E-state index in [1.807, 2.05) is 21.1 Å². The third-order valence-electron chi connectivity index (χ3n) is 17.6. The third-order valence-corrected chi connectivity index (χ3v) is 17.6. The van der Waals surface area contributed by atoms with Crippen LogP contribution in [0.2, 0.25) is 0 Å². The summed E-state index contributed by atoms with van der Waals surface area (Å²) in [6.07, 6.45) is 122. The highest BCUT2D eigenvalue weighted by Gasteiger charge is 2.22. The first kappa shape index (κ1) is 97.4. The van der Waals surface area contributed by atoms with Crippen LogP contribution in [0.5, 0.6) is 0 Å². The number of ether oxygens (including phenoxy) is 4. The molecule has 0 rings (SSSR count). The number of likely N-dealkylation sites (N-methyl/N-ethyl adjacent to an activating group) is 1. The zero-order valence-electron chi connectivity index (χ0n) is 66.9. The van der Waals surface area contributed by atoms with Crippen LogP contribution in [0.3, 0.4) is 0 Å². The Kier molecular flexibility index (Phi) is 77.6. The van der Waals surface area contributed by atoms with Gasteiger partial charge in [0.2, 0.25) is 0 Å². The average Bonchev–Trinajstić information content (AvgIpc) is 0.985. The van der Waals surface area contributed by atoms with Crippen molar-refractivity contribution in [3.8, 4) is 0 Å². The van der Waals surface area contributed by atoms with Gasteiger partial charge in [-0.3, -0.25) is 9.59 Å². The SMILES string of the molecule is CC/C=C\C/C=C\C/C=C\C/C=C\C/C=C\C/C=C\C/C=C\C/C=C\C/C=C\C/C=C\C/C=C\C/C=C\CCCCC(=O)OC(COC(=O)CCCCCCCCCCCCCCCCCCCCCCCCCC/C=C\C/C=C\C/C=C\CCCCCCC)COC(OCC[N+](C)(C)C)C(=O)[O-]. The molecule has 0 radical (unpaired) electrons. The molecular formula is C94H155NO8. The molecule has 2 atom stereocenters. The summed E-state index contributed by atoms with van der Waals surface area (Å²) in [5, 5.41) is 11.9. The highest BCUT2D eigenvalue weighted by atomic mass is 16.7. The minimum Gasteiger partial charge on any atom is -0.545 e. The number of hydrogen-bond donors (Lipinski definition) is 0.